The van der Waals surface area contributed by atoms with E-state index in [2.05, 4.69) is 5.10 Å². The molecule has 1 aromatic heterocycles. The largest absolute Gasteiger partial charge is 0.481 e. The highest BCUT2D eigenvalue weighted by molar-refractivity contribution is 5.95. The van der Waals surface area contributed by atoms with Gasteiger partial charge in [-0.15, -0.1) is 0 Å². The summed E-state index contributed by atoms with van der Waals surface area (Å²) in [5.74, 6) is -1.11. The molecule has 0 aliphatic carbocycles. The second kappa shape index (κ2) is 5.40. The van der Waals surface area contributed by atoms with E-state index < -0.39 is 12.0 Å². The molecule has 0 bridgehead atoms. The molecular weight excluding hydrogens is 250 g/mol. The van der Waals surface area contributed by atoms with Gasteiger partial charge in [0.1, 0.15) is 0 Å². The van der Waals surface area contributed by atoms with Crippen molar-refractivity contribution in [3.63, 3.8) is 0 Å². The van der Waals surface area contributed by atoms with Gasteiger partial charge in [0.2, 0.25) is 0 Å². The summed E-state index contributed by atoms with van der Waals surface area (Å²) < 4.78 is 6.88. The minimum Gasteiger partial charge on any atom is -0.481 e. The summed E-state index contributed by atoms with van der Waals surface area (Å²) in [6, 6.07) is -0.418. The molecule has 19 heavy (non-hydrogen) atoms. The van der Waals surface area contributed by atoms with Crippen LogP contribution >= 0.6 is 0 Å². The number of aryl methyl sites for hydroxylation is 1. The van der Waals surface area contributed by atoms with Gasteiger partial charge in [-0.3, -0.25) is 14.3 Å². The normalized spacial score (nSPS) is 19.5. The molecule has 0 saturated carbocycles. The van der Waals surface area contributed by atoms with Crippen molar-refractivity contribution in [2.45, 2.75) is 19.4 Å². The van der Waals surface area contributed by atoms with Gasteiger partial charge in [0.05, 0.1) is 37.4 Å². The van der Waals surface area contributed by atoms with E-state index >= 15 is 0 Å². The van der Waals surface area contributed by atoms with Gasteiger partial charge in [-0.1, -0.05) is 0 Å². The van der Waals surface area contributed by atoms with Crippen LogP contribution in [0.4, 0.5) is 0 Å². The van der Waals surface area contributed by atoms with Gasteiger partial charge in [-0.2, -0.15) is 5.10 Å². The smallest absolute Gasteiger partial charge is 0.305 e. The zero-order chi connectivity index (χ0) is 14.0. The molecule has 1 aliphatic heterocycles. The third-order valence-corrected chi connectivity index (χ3v) is 3.36. The second-order valence-corrected chi connectivity index (χ2v) is 4.59. The lowest BCUT2D eigenvalue weighted by Crippen LogP contribution is -2.49. The van der Waals surface area contributed by atoms with E-state index in [0.29, 0.717) is 18.7 Å². The molecule has 1 atom stereocenters. The van der Waals surface area contributed by atoms with E-state index in [9.17, 15) is 9.59 Å². The predicted molar refractivity (Wildman–Crippen MR) is 65.8 cm³/mol. The van der Waals surface area contributed by atoms with Gasteiger partial charge in [0, 0.05) is 19.3 Å². The molecule has 1 amide bonds. The first kappa shape index (κ1) is 13.5. The Morgan fingerprint density at radius 3 is 2.89 bits per heavy atom. The molecule has 0 radical (unpaired) electrons. The first-order valence-corrected chi connectivity index (χ1v) is 6.09. The molecule has 7 heteroatoms. The number of hydrogen-bond acceptors (Lipinski definition) is 4. The highest BCUT2D eigenvalue weighted by Crippen LogP contribution is 2.17. The number of rotatable bonds is 3. The van der Waals surface area contributed by atoms with E-state index in [0.717, 1.165) is 5.69 Å². The number of hydrogen-bond donors (Lipinski definition) is 1. The van der Waals surface area contributed by atoms with Crippen LogP contribution in [0, 0.1) is 6.92 Å². The Kier molecular flexibility index (Phi) is 3.84. The quantitative estimate of drug-likeness (QED) is 0.836. The Bertz CT molecular complexity index is 497. The Labute approximate surface area is 110 Å². The Hall–Kier alpha value is -1.89. The highest BCUT2D eigenvalue weighted by atomic mass is 16.5. The van der Waals surface area contributed by atoms with Gasteiger partial charge in [0.25, 0.3) is 5.91 Å². The fraction of sp³-hybridized carbons (Fsp3) is 0.583. The van der Waals surface area contributed by atoms with Gasteiger partial charge in [-0.05, 0) is 6.92 Å². The van der Waals surface area contributed by atoms with E-state index in [1.165, 1.54) is 6.20 Å². The third-order valence-electron chi connectivity index (χ3n) is 3.36. The molecular formula is C12H17N3O4. The number of carboxylic acids is 1. The Morgan fingerprint density at radius 1 is 1.58 bits per heavy atom. The summed E-state index contributed by atoms with van der Waals surface area (Å²) >= 11 is 0. The zero-order valence-corrected chi connectivity index (χ0v) is 11.0. The molecule has 2 rings (SSSR count). The maximum absolute atomic E-state index is 12.4. The summed E-state index contributed by atoms with van der Waals surface area (Å²) in [5, 5.41) is 12.9. The SMILES string of the molecule is Cc1c(C(=O)N2CCOCC2CC(=O)O)cnn1C. The third kappa shape index (κ3) is 2.76. The average molecular weight is 267 g/mol. The summed E-state index contributed by atoms with van der Waals surface area (Å²) in [6.45, 7) is 2.91. The number of amides is 1. The van der Waals surface area contributed by atoms with Crippen LogP contribution in [0.1, 0.15) is 22.5 Å². The summed E-state index contributed by atoms with van der Waals surface area (Å²) in [5.41, 5.74) is 1.28. The molecule has 0 spiro atoms. The number of ether oxygens (including phenoxy) is 1. The molecule has 104 valence electrons. The Morgan fingerprint density at radius 2 is 2.32 bits per heavy atom. The van der Waals surface area contributed by atoms with Crippen LogP contribution in [-0.4, -0.2) is 57.5 Å². The molecule has 1 unspecified atom stereocenters. The molecule has 1 aliphatic rings. The molecule has 1 fully saturated rings. The Balaban J connectivity index is 2.20. The van der Waals surface area contributed by atoms with Crippen LogP contribution in [0.3, 0.4) is 0 Å². The van der Waals surface area contributed by atoms with Crippen molar-refractivity contribution < 1.29 is 19.4 Å². The van der Waals surface area contributed by atoms with Crippen molar-refractivity contribution in [3.8, 4) is 0 Å². The molecule has 1 N–H and O–H groups in total. The van der Waals surface area contributed by atoms with Crippen molar-refractivity contribution in [1.82, 2.24) is 14.7 Å². The highest BCUT2D eigenvalue weighted by Gasteiger charge is 2.31. The van der Waals surface area contributed by atoms with Gasteiger partial charge < -0.3 is 14.7 Å². The molecule has 2 heterocycles. The molecule has 0 aromatic carbocycles. The lowest BCUT2D eigenvalue weighted by Gasteiger charge is -2.34. The van der Waals surface area contributed by atoms with Crippen LogP contribution in [0.25, 0.3) is 0 Å². The van der Waals surface area contributed by atoms with Crippen LogP contribution in [0.2, 0.25) is 0 Å². The maximum Gasteiger partial charge on any atom is 0.305 e. The zero-order valence-electron chi connectivity index (χ0n) is 11.0. The summed E-state index contributed by atoms with van der Waals surface area (Å²) in [4.78, 5) is 24.9. The predicted octanol–water partition coefficient (Wildman–Crippen LogP) is 0.0442. The average Bonchev–Trinajstić information content (AvgIpc) is 2.69. The molecule has 1 saturated heterocycles. The lowest BCUT2D eigenvalue weighted by molar-refractivity contribution is -0.139. The number of carbonyl (C=O) groups is 2. The topological polar surface area (TPSA) is 84.7 Å². The monoisotopic (exact) mass is 267 g/mol. The van der Waals surface area contributed by atoms with Crippen molar-refractivity contribution in [1.29, 1.82) is 0 Å². The first-order chi connectivity index (χ1) is 9.00. The summed E-state index contributed by atoms with van der Waals surface area (Å²) in [7, 11) is 1.76. The summed E-state index contributed by atoms with van der Waals surface area (Å²) in [6.07, 6.45) is 1.41. The fourth-order valence-corrected chi connectivity index (χ4v) is 2.16. The van der Waals surface area contributed by atoms with E-state index in [4.69, 9.17) is 9.84 Å². The van der Waals surface area contributed by atoms with Crippen LogP contribution in [0.5, 0.6) is 0 Å². The van der Waals surface area contributed by atoms with Crippen molar-refractivity contribution >= 4 is 11.9 Å². The van der Waals surface area contributed by atoms with E-state index in [-0.39, 0.29) is 18.9 Å². The van der Waals surface area contributed by atoms with E-state index in [1.807, 2.05) is 6.92 Å². The maximum atomic E-state index is 12.4. The second-order valence-electron chi connectivity index (χ2n) is 4.59. The number of carbonyl (C=O) groups excluding carboxylic acids is 1. The first-order valence-electron chi connectivity index (χ1n) is 6.09. The van der Waals surface area contributed by atoms with Crippen LogP contribution < -0.4 is 0 Å². The van der Waals surface area contributed by atoms with Crippen LogP contribution in [0.15, 0.2) is 6.20 Å². The number of aliphatic carboxylic acids is 1. The van der Waals surface area contributed by atoms with Crippen molar-refractivity contribution in [2.24, 2.45) is 7.05 Å². The minimum atomic E-state index is -0.934. The molecule has 1 aromatic rings. The van der Waals surface area contributed by atoms with E-state index in [1.54, 1.807) is 16.6 Å². The standard InChI is InChI=1S/C12H17N3O4/c1-8-10(6-13-14(8)2)12(18)15-3-4-19-7-9(15)5-11(16)17/h6,9H,3-5,7H2,1-2H3,(H,16,17). The minimum absolute atomic E-state index is 0.106. The number of morpholine rings is 1. The molecule has 7 nitrogen and oxygen atoms in total. The van der Waals surface area contributed by atoms with Gasteiger partial charge in [0.15, 0.2) is 0 Å². The number of nitrogens with zero attached hydrogens (tertiary/aromatic N) is 3. The van der Waals surface area contributed by atoms with Crippen molar-refractivity contribution in [2.75, 3.05) is 19.8 Å². The lowest BCUT2D eigenvalue weighted by atomic mass is 10.1. The van der Waals surface area contributed by atoms with Crippen molar-refractivity contribution in [3.05, 3.63) is 17.5 Å². The van der Waals surface area contributed by atoms with Gasteiger partial charge in [-0.25, -0.2) is 0 Å². The number of carboxylic acid groups (broad SMARTS) is 1. The number of aromatic nitrogens is 2. The van der Waals surface area contributed by atoms with Gasteiger partial charge >= 0.3 is 5.97 Å². The van der Waals surface area contributed by atoms with Crippen LogP contribution in [-0.2, 0) is 16.6 Å². The fourth-order valence-electron chi connectivity index (χ4n) is 2.16.